The average Bonchev–Trinajstić information content (AvgIpc) is 2.47. The van der Waals surface area contributed by atoms with Crippen molar-refractivity contribution in [1.29, 1.82) is 0 Å². The maximum absolute atomic E-state index is 5.21. The molecule has 0 fully saturated rings. The molecule has 0 spiro atoms. The monoisotopic (exact) mass is 200 g/mol. The lowest BCUT2D eigenvalue weighted by atomic mass is 10.4. The third-order valence-corrected chi connectivity index (χ3v) is 3.27. The highest BCUT2D eigenvalue weighted by Crippen LogP contribution is 2.24. The van der Waals surface area contributed by atoms with Crippen LogP contribution in [0.25, 0.3) is 0 Å². The first-order valence-electron chi connectivity index (χ1n) is 4.32. The van der Waals surface area contributed by atoms with Gasteiger partial charge in [-0.2, -0.15) is 0 Å². The Balaban J connectivity index is 2.81. The Kier molecular flexibility index (Phi) is 3.84. The maximum Gasteiger partial charge on any atom is 0.122 e. The molecule has 0 aromatic carbocycles. The molecule has 0 saturated carbocycles. The van der Waals surface area contributed by atoms with Gasteiger partial charge in [-0.1, -0.05) is 0 Å². The molecule has 0 saturated heterocycles. The van der Waals surface area contributed by atoms with E-state index in [0.717, 1.165) is 17.2 Å². The molecule has 0 bridgehead atoms. The number of hydrogen-bond donors (Lipinski definition) is 1. The van der Waals surface area contributed by atoms with Gasteiger partial charge in [-0.25, -0.2) is 4.98 Å². The third-order valence-electron chi connectivity index (χ3n) is 1.95. The minimum atomic E-state index is 0.106. The highest BCUT2D eigenvalue weighted by molar-refractivity contribution is 7.11. The Morgan fingerprint density at radius 3 is 2.85 bits per heavy atom. The Labute approximate surface area is 83.1 Å². The molecule has 1 atom stereocenters. The average molecular weight is 200 g/mol. The predicted octanol–water partition coefficient (Wildman–Crippen LogP) is 1.88. The van der Waals surface area contributed by atoms with Crippen LogP contribution in [-0.4, -0.2) is 19.1 Å². The van der Waals surface area contributed by atoms with Crippen molar-refractivity contribution in [3.8, 4) is 0 Å². The minimum absolute atomic E-state index is 0.106. The summed E-state index contributed by atoms with van der Waals surface area (Å²) in [6.07, 6.45) is 0.106. The second kappa shape index (κ2) is 4.69. The quantitative estimate of drug-likeness (QED) is 0.805. The van der Waals surface area contributed by atoms with Crippen LogP contribution in [0, 0.1) is 6.92 Å². The standard InChI is InChI=1S/C9H16N2OS/c1-6-8(5-10-3)13-9(11-6)7(2)12-4/h7,10H,5H2,1-4H3. The molecule has 0 amide bonds. The fourth-order valence-electron chi connectivity index (χ4n) is 1.05. The van der Waals surface area contributed by atoms with Gasteiger partial charge in [0.05, 0.1) is 5.69 Å². The summed E-state index contributed by atoms with van der Waals surface area (Å²) in [7, 11) is 3.65. The Bertz CT molecular complexity index is 273. The first-order valence-corrected chi connectivity index (χ1v) is 5.14. The zero-order valence-corrected chi connectivity index (χ0v) is 9.36. The lowest BCUT2D eigenvalue weighted by molar-refractivity contribution is 0.119. The molecule has 74 valence electrons. The van der Waals surface area contributed by atoms with E-state index < -0.39 is 0 Å². The molecule has 1 N–H and O–H groups in total. The van der Waals surface area contributed by atoms with E-state index in [-0.39, 0.29) is 6.10 Å². The molecule has 3 nitrogen and oxygen atoms in total. The first kappa shape index (κ1) is 10.6. The number of rotatable bonds is 4. The summed E-state index contributed by atoms with van der Waals surface area (Å²) >= 11 is 1.72. The van der Waals surface area contributed by atoms with Crippen LogP contribution in [0.3, 0.4) is 0 Å². The number of ether oxygens (including phenoxy) is 1. The van der Waals surface area contributed by atoms with Crippen LogP contribution in [0.15, 0.2) is 0 Å². The highest BCUT2D eigenvalue weighted by atomic mass is 32.1. The molecule has 0 aliphatic carbocycles. The van der Waals surface area contributed by atoms with Gasteiger partial charge < -0.3 is 10.1 Å². The van der Waals surface area contributed by atoms with E-state index in [2.05, 4.69) is 10.3 Å². The number of methoxy groups -OCH3 is 1. The second-order valence-electron chi connectivity index (χ2n) is 2.97. The number of hydrogen-bond acceptors (Lipinski definition) is 4. The summed E-state index contributed by atoms with van der Waals surface area (Å²) in [6.45, 7) is 4.94. The van der Waals surface area contributed by atoms with Crippen LogP contribution in [0.4, 0.5) is 0 Å². The van der Waals surface area contributed by atoms with Gasteiger partial charge >= 0.3 is 0 Å². The number of nitrogens with one attached hydrogen (secondary N) is 1. The Morgan fingerprint density at radius 1 is 1.62 bits per heavy atom. The topological polar surface area (TPSA) is 34.1 Å². The third kappa shape index (κ3) is 2.49. The summed E-state index contributed by atoms with van der Waals surface area (Å²) in [5.41, 5.74) is 1.11. The van der Waals surface area contributed by atoms with E-state index in [1.165, 1.54) is 4.88 Å². The molecular formula is C9H16N2OS. The Hall–Kier alpha value is -0.450. The summed E-state index contributed by atoms with van der Waals surface area (Å²) in [6, 6.07) is 0. The summed E-state index contributed by atoms with van der Waals surface area (Å²) < 4.78 is 5.21. The van der Waals surface area contributed by atoms with Crippen LogP contribution in [0.1, 0.15) is 28.6 Å². The van der Waals surface area contributed by atoms with Crippen molar-refractivity contribution in [2.45, 2.75) is 26.5 Å². The summed E-state index contributed by atoms with van der Waals surface area (Å²) in [5, 5.41) is 4.19. The van der Waals surface area contributed by atoms with Crippen molar-refractivity contribution < 1.29 is 4.74 Å². The first-order chi connectivity index (χ1) is 6.19. The number of aromatic nitrogens is 1. The van der Waals surface area contributed by atoms with Gasteiger partial charge in [0.2, 0.25) is 0 Å². The van der Waals surface area contributed by atoms with Crippen molar-refractivity contribution in [1.82, 2.24) is 10.3 Å². The zero-order valence-electron chi connectivity index (χ0n) is 8.55. The van der Waals surface area contributed by atoms with Crippen LogP contribution in [-0.2, 0) is 11.3 Å². The van der Waals surface area contributed by atoms with Crippen LogP contribution < -0.4 is 5.32 Å². The Morgan fingerprint density at radius 2 is 2.31 bits per heavy atom. The van der Waals surface area contributed by atoms with E-state index in [1.54, 1.807) is 18.4 Å². The van der Waals surface area contributed by atoms with Gasteiger partial charge in [0.15, 0.2) is 0 Å². The van der Waals surface area contributed by atoms with Gasteiger partial charge in [0.25, 0.3) is 0 Å². The number of nitrogens with zero attached hydrogens (tertiary/aromatic N) is 1. The van der Waals surface area contributed by atoms with Crippen molar-refractivity contribution in [2.75, 3.05) is 14.2 Å². The molecule has 0 aliphatic heterocycles. The largest absolute Gasteiger partial charge is 0.375 e. The fraction of sp³-hybridized carbons (Fsp3) is 0.667. The molecular weight excluding hydrogens is 184 g/mol. The van der Waals surface area contributed by atoms with E-state index in [0.29, 0.717) is 0 Å². The van der Waals surface area contributed by atoms with Crippen LogP contribution >= 0.6 is 11.3 Å². The maximum atomic E-state index is 5.21. The summed E-state index contributed by atoms with van der Waals surface area (Å²) in [5.74, 6) is 0. The van der Waals surface area contributed by atoms with Gasteiger partial charge in [-0.3, -0.25) is 0 Å². The van der Waals surface area contributed by atoms with E-state index in [4.69, 9.17) is 4.74 Å². The van der Waals surface area contributed by atoms with E-state index in [1.807, 2.05) is 20.9 Å². The predicted molar refractivity (Wildman–Crippen MR) is 55.0 cm³/mol. The zero-order chi connectivity index (χ0) is 9.84. The van der Waals surface area contributed by atoms with Crippen molar-refractivity contribution >= 4 is 11.3 Å². The lowest BCUT2D eigenvalue weighted by Gasteiger charge is -2.03. The summed E-state index contributed by atoms with van der Waals surface area (Å²) in [4.78, 5) is 5.75. The molecule has 1 rings (SSSR count). The number of thiazole rings is 1. The minimum Gasteiger partial charge on any atom is -0.375 e. The molecule has 1 aromatic heterocycles. The molecule has 1 aromatic rings. The highest BCUT2D eigenvalue weighted by Gasteiger charge is 2.11. The van der Waals surface area contributed by atoms with Crippen molar-refractivity contribution in [2.24, 2.45) is 0 Å². The smallest absolute Gasteiger partial charge is 0.122 e. The van der Waals surface area contributed by atoms with Gasteiger partial charge in [-0.05, 0) is 20.9 Å². The van der Waals surface area contributed by atoms with Crippen LogP contribution in [0.2, 0.25) is 0 Å². The van der Waals surface area contributed by atoms with E-state index in [9.17, 15) is 0 Å². The van der Waals surface area contributed by atoms with Gasteiger partial charge in [0, 0.05) is 18.5 Å². The number of aryl methyl sites for hydroxylation is 1. The molecule has 0 radical (unpaired) electrons. The normalized spacial score (nSPS) is 13.2. The fourth-order valence-corrected chi connectivity index (χ4v) is 2.16. The van der Waals surface area contributed by atoms with Crippen molar-refractivity contribution in [3.63, 3.8) is 0 Å². The lowest BCUT2D eigenvalue weighted by Crippen LogP contribution is -2.04. The van der Waals surface area contributed by atoms with E-state index >= 15 is 0 Å². The molecule has 4 heteroatoms. The molecule has 0 aliphatic rings. The van der Waals surface area contributed by atoms with Gasteiger partial charge in [-0.15, -0.1) is 11.3 Å². The van der Waals surface area contributed by atoms with Crippen LogP contribution in [0.5, 0.6) is 0 Å². The molecule has 13 heavy (non-hydrogen) atoms. The van der Waals surface area contributed by atoms with Crippen molar-refractivity contribution in [3.05, 3.63) is 15.6 Å². The molecule has 1 unspecified atom stereocenters. The SMILES string of the molecule is CNCc1sc(C(C)OC)nc1C. The molecule has 1 heterocycles. The van der Waals surface area contributed by atoms with Gasteiger partial charge in [0.1, 0.15) is 11.1 Å². The second-order valence-corrected chi connectivity index (χ2v) is 4.08.